The van der Waals surface area contributed by atoms with Gasteiger partial charge in [-0.1, -0.05) is 47.8 Å². The second-order valence-corrected chi connectivity index (χ2v) is 8.78. The minimum absolute atomic E-state index is 0.250. The number of carbonyl (C=O) groups excluding carboxylic acids is 1. The molecule has 0 saturated heterocycles. The normalized spacial score (nSPS) is 12.5. The molecule has 0 radical (unpaired) electrons. The van der Waals surface area contributed by atoms with E-state index in [9.17, 15) is 13.2 Å². The predicted molar refractivity (Wildman–Crippen MR) is 108 cm³/mol. The van der Waals surface area contributed by atoms with E-state index in [2.05, 4.69) is 5.32 Å². The molecule has 0 saturated carbocycles. The van der Waals surface area contributed by atoms with E-state index in [0.29, 0.717) is 26.4 Å². The zero-order chi connectivity index (χ0) is 19.5. The Hall–Kier alpha value is -1.47. The molecule has 26 heavy (non-hydrogen) atoms. The van der Waals surface area contributed by atoms with Crippen LogP contribution in [0, 0.1) is 0 Å². The Kier molecular flexibility index (Phi) is 6.80. The van der Waals surface area contributed by atoms with E-state index in [1.165, 1.54) is 24.3 Å². The van der Waals surface area contributed by atoms with Crippen LogP contribution in [0.1, 0.15) is 13.3 Å². The van der Waals surface area contributed by atoms with Gasteiger partial charge in [0.05, 0.1) is 11.9 Å². The molecule has 2 aromatic rings. The van der Waals surface area contributed by atoms with Crippen LogP contribution in [0.4, 0.5) is 11.4 Å². The molecule has 0 heterocycles. The fourth-order valence-electron chi connectivity index (χ4n) is 2.53. The number of benzene rings is 2. The molecule has 1 amide bonds. The van der Waals surface area contributed by atoms with Gasteiger partial charge >= 0.3 is 0 Å². The van der Waals surface area contributed by atoms with Crippen molar-refractivity contribution in [1.29, 1.82) is 0 Å². The lowest BCUT2D eigenvalue weighted by atomic mass is 10.2. The number of halogens is 3. The highest BCUT2D eigenvalue weighted by Gasteiger charge is 2.31. The number of rotatable bonds is 6. The number of anilines is 2. The molecule has 0 aliphatic rings. The summed E-state index contributed by atoms with van der Waals surface area (Å²) < 4.78 is 25.8. The van der Waals surface area contributed by atoms with Gasteiger partial charge in [0.2, 0.25) is 15.9 Å². The highest BCUT2D eigenvalue weighted by Crippen LogP contribution is 2.27. The largest absolute Gasteiger partial charge is 0.324 e. The summed E-state index contributed by atoms with van der Waals surface area (Å²) in [5.74, 6) is -0.503. The maximum absolute atomic E-state index is 12.8. The molecule has 0 aliphatic heterocycles. The maximum atomic E-state index is 12.8. The summed E-state index contributed by atoms with van der Waals surface area (Å²) in [5, 5.41) is 3.75. The number of sulfonamides is 1. The van der Waals surface area contributed by atoms with Crippen molar-refractivity contribution in [3.05, 3.63) is 57.5 Å². The summed E-state index contributed by atoms with van der Waals surface area (Å²) in [6, 6.07) is 9.95. The molecule has 1 N–H and O–H groups in total. The average molecular weight is 436 g/mol. The number of hydrogen-bond acceptors (Lipinski definition) is 3. The van der Waals surface area contributed by atoms with E-state index in [-0.39, 0.29) is 6.42 Å². The first-order valence-electron chi connectivity index (χ1n) is 7.63. The number of nitrogens with zero attached hydrogens (tertiary/aromatic N) is 1. The molecule has 0 aliphatic carbocycles. The molecule has 1 atom stereocenters. The highest BCUT2D eigenvalue weighted by molar-refractivity contribution is 7.92. The molecule has 0 aromatic heterocycles. The molecular weight excluding hydrogens is 419 g/mol. The summed E-state index contributed by atoms with van der Waals surface area (Å²) in [7, 11) is -3.74. The Labute approximate surface area is 167 Å². The van der Waals surface area contributed by atoms with Crippen molar-refractivity contribution in [2.45, 2.75) is 19.4 Å². The van der Waals surface area contributed by atoms with Crippen LogP contribution in [0.15, 0.2) is 42.5 Å². The van der Waals surface area contributed by atoms with Gasteiger partial charge in [0.25, 0.3) is 0 Å². The lowest BCUT2D eigenvalue weighted by Gasteiger charge is -2.30. The van der Waals surface area contributed by atoms with Crippen LogP contribution in [-0.2, 0) is 14.8 Å². The number of nitrogens with one attached hydrogen (secondary N) is 1. The smallest absolute Gasteiger partial charge is 0.248 e. The predicted octanol–water partition coefficient (Wildman–Crippen LogP) is 4.83. The van der Waals surface area contributed by atoms with Gasteiger partial charge in [-0.15, -0.1) is 0 Å². The average Bonchev–Trinajstić information content (AvgIpc) is 2.49. The van der Waals surface area contributed by atoms with E-state index in [1.54, 1.807) is 25.1 Å². The van der Waals surface area contributed by atoms with E-state index >= 15 is 0 Å². The van der Waals surface area contributed by atoms with Gasteiger partial charge in [-0.3, -0.25) is 9.10 Å². The first-order valence-corrected chi connectivity index (χ1v) is 10.6. The van der Waals surface area contributed by atoms with Crippen LogP contribution in [0.5, 0.6) is 0 Å². The quantitative estimate of drug-likeness (QED) is 0.706. The van der Waals surface area contributed by atoms with Crippen LogP contribution >= 0.6 is 34.8 Å². The van der Waals surface area contributed by atoms with Crippen LogP contribution < -0.4 is 9.62 Å². The van der Waals surface area contributed by atoms with Gasteiger partial charge in [-0.2, -0.15) is 0 Å². The Balaban J connectivity index is 2.39. The molecule has 0 bridgehead atoms. The van der Waals surface area contributed by atoms with Crippen molar-refractivity contribution in [3.8, 4) is 0 Å². The van der Waals surface area contributed by atoms with Crippen LogP contribution in [0.2, 0.25) is 15.1 Å². The van der Waals surface area contributed by atoms with Crippen LogP contribution in [0.25, 0.3) is 0 Å². The monoisotopic (exact) mass is 434 g/mol. The molecule has 5 nitrogen and oxygen atoms in total. The summed E-state index contributed by atoms with van der Waals surface area (Å²) in [4.78, 5) is 12.8. The summed E-state index contributed by atoms with van der Waals surface area (Å²) >= 11 is 17.9. The Bertz CT molecular complexity index is 899. The molecule has 0 spiro atoms. The molecule has 0 unspecified atom stereocenters. The van der Waals surface area contributed by atoms with Gasteiger partial charge in [0, 0.05) is 20.8 Å². The summed E-state index contributed by atoms with van der Waals surface area (Å²) in [6.07, 6.45) is 1.29. The Morgan fingerprint density at radius 2 is 1.69 bits per heavy atom. The minimum Gasteiger partial charge on any atom is -0.324 e. The van der Waals surface area contributed by atoms with Crippen molar-refractivity contribution in [3.63, 3.8) is 0 Å². The Morgan fingerprint density at radius 3 is 2.19 bits per heavy atom. The van der Waals surface area contributed by atoms with Crippen molar-refractivity contribution in [2.75, 3.05) is 15.9 Å². The molecule has 9 heteroatoms. The highest BCUT2D eigenvalue weighted by atomic mass is 35.5. The van der Waals surface area contributed by atoms with Crippen molar-refractivity contribution in [1.82, 2.24) is 0 Å². The van der Waals surface area contributed by atoms with Crippen molar-refractivity contribution < 1.29 is 13.2 Å². The topological polar surface area (TPSA) is 66.5 Å². The van der Waals surface area contributed by atoms with Crippen LogP contribution in [0.3, 0.4) is 0 Å². The fraction of sp³-hybridized carbons (Fsp3) is 0.235. The lowest BCUT2D eigenvalue weighted by Crippen LogP contribution is -2.47. The number of amides is 1. The van der Waals surface area contributed by atoms with Gasteiger partial charge < -0.3 is 5.32 Å². The second-order valence-electron chi connectivity index (χ2n) is 5.61. The molecule has 2 aromatic carbocycles. The van der Waals surface area contributed by atoms with E-state index in [0.717, 1.165) is 10.6 Å². The standard InChI is InChI=1S/C17H17Cl3N2O3S/c1-3-16(17(23)21-14-8-12(19)7-13(20)9-14)22(26(2,24)25)15-6-4-5-11(18)10-15/h4-10,16H,3H2,1-2H3,(H,21,23)/t16-/m1/s1. The SMILES string of the molecule is CC[C@H](C(=O)Nc1cc(Cl)cc(Cl)c1)N(c1cccc(Cl)c1)S(C)(=O)=O. The molecular formula is C17H17Cl3N2O3S. The van der Waals surface area contributed by atoms with E-state index < -0.39 is 22.0 Å². The maximum Gasteiger partial charge on any atom is 0.248 e. The molecule has 140 valence electrons. The third-order valence-electron chi connectivity index (χ3n) is 3.52. The number of hydrogen-bond donors (Lipinski definition) is 1. The third-order valence-corrected chi connectivity index (χ3v) is 5.37. The first-order chi connectivity index (χ1) is 12.1. The first kappa shape index (κ1) is 20.8. The fourth-order valence-corrected chi connectivity index (χ4v) is 4.44. The van der Waals surface area contributed by atoms with Crippen LogP contribution in [-0.4, -0.2) is 26.6 Å². The van der Waals surface area contributed by atoms with Crippen molar-refractivity contribution >= 4 is 62.1 Å². The summed E-state index contributed by atoms with van der Waals surface area (Å²) in [5.41, 5.74) is 0.691. The van der Waals surface area contributed by atoms with Gasteiger partial charge in [0.1, 0.15) is 6.04 Å². The molecule has 2 rings (SSSR count). The van der Waals surface area contributed by atoms with Gasteiger partial charge in [0.15, 0.2) is 0 Å². The molecule has 0 fully saturated rings. The zero-order valence-electron chi connectivity index (χ0n) is 14.0. The minimum atomic E-state index is -3.74. The second kappa shape index (κ2) is 8.48. The third kappa shape index (κ3) is 5.27. The lowest BCUT2D eigenvalue weighted by molar-refractivity contribution is -0.117. The summed E-state index contributed by atoms with van der Waals surface area (Å²) in [6.45, 7) is 1.72. The zero-order valence-corrected chi connectivity index (χ0v) is 17.1. The Morgan fingerprint density at radius 1 is 1.08 bits per heavy atom. The number of carbonyl (C=O) groups is 1. The van der Waals surface area contributed by atoms with Gasteiger partial charge in [-0.05, 0) is 42.8 Å². The van der Waals surface area contributed by atoms with Gasteiger partial charge in [-0.25, -0.2) is 8.42 Å². The van der Waals surface area contributed by atoms with Crippen molar-refractivity contribution in [2.24, 2.45) is 0 Å². The van der Waals surface area contributed by atoms with E-state index in [4.69, 9.17) is 34.8 Å². The van der Waals surface area contributed by atoms with E-state index in [1.807, 2.05) is 0 Å².